The fraction of sp³-hybridized carbons (Fsp3) is 0.571. The molecule has 4 nitrogen and oxygen atoms in total. The molecule has 0 aliphatic carbocycles. The summed E-state index contributed by atoms with van der Waals surface area (Å²) in [5.41, 5.74) is 3.48. The van der Waals surface area contributed by atoms with Crippen molar-refractivity contribution in [3.63, 3.8) is 0 Å². The highest BCUT2D eigenvalue weighted by Crippen LogP contribution is 2.34. The van der Waals surface area contributed by atoms with Crippen molar-refractivity contribution >= 4 is 0 Å². The molecule has 1 aromatic heterocycles. The SMILES string of the molecule is Cn1cc(CNCC(c2ccccc2)C(C)(C)CO)c(C(C)(C)C)n1. The van der Waals surface area contributed by atoms with Crippen molar-refractivity contribution in [2.75, 3.05) is 13.2 Å². The van der Waals surface area contributed by atoms with Gasteiger partial charge in [-0.1, -0.05) is 65.0 Å². The molecule has 0 bridgehead atoms. The molecular weight excluding hydrogens is 310 g/mol. The van der Waals surface area contributed by atoms with Crippen molar-refractivity contribution in [3.8, 4) is 0 Å². The number of hydrogen-bond acceptors (Lipinski definition) is 3. The molecule has 2 N–H and O–H groups in total. The Morgan fingerprint density at radius 1 is 1.12 bits per heavy atom. The lowest BCUT2D eigenvalue weighted by molar-refractivity contribution is 0.129. The maximum absolute atomic E-state index is 9.86. The summed E-state index contributed by atoms with van der Waals surface area (Å²) in [4.78, 5) is 0. The lowest BCUT2D eigenvalue weighted by Crippen LogP contribution is -2.34. The Morgan fingerprint density at radius 2 is 1.76 bits per heavy atom. The maximum Gasteiger partial charge on any atom is 0.0722 e. The predicted octanol–water partition coefficient (Wildman–Crippen LogP) is 3.61. The van der Waals surface area contributed by atoms with Crippen LogP contribution in [0.1, 0.15) is 57.4 Å². The van der Waals surface area contributed by atoms with Gasteiger partial charge in [-0.3, -0.25) is 4.68 Å². The van der Waals surface area contributed by atoms with Crippen LogP contribution in [-0.2, 0) is 19.0 Å². The van der Waals surface area contributed by atoms with Crippen molar-refractivity contribution < 1.29 is 5.11 Å². The van der Waals surface area contributed by atoms with Gasteiger partial charge in [-0.2, -0.15) is 5.10 Å². The smallest absolute Gasteiger partial charge is 0.0722 e. The average Bonchev–Trinajstić information content (AvgIpc) is 2.93. The molecule has 2 aromatic rings. The minimum atomic E-state index is -0.184. The average molecular weight is 344 g/mol. The van der Waals surface area contributed by atoms with Gasteiger partial charge in [0.2, 0.25) is 0 Å². The highest BCUT2D eigenvalue weighted by Gasteiger charge is 2.30. The van der Waals surface area contributed by atoms with Crippen LogP contribution in [0, 0.1) is 5.41 Å². The van der Waals surface area contributed by atoms with Gasteiger partial charge in [0.25, 0.3) is 0 Å². The van der Waals surface area contributed by atoms with E-state index in [1.165, 1.54) is 11.1 Å². The topological polar surface area (TPSA) is 50.1 Å². The Hall–Kier alpha value is -1.65. The van der Waals surface area contributed by atoms with E-state index in [1.807, 2.05) is 17.8 Å². The number of nitrogens with one attached hydrogen (secondary N) is 1. The summed E-state index contributed by atoms with van der Waals surface area (Å²) in [7, 11) is 1.97. The number of aliphatic hydroxyl groups is 1. The Balaban J connectivity index is 2.13. The Bertz CT molecular complexity index is 668. The summed E-state index contributed by atoms with van der Waals surface area (Å²) in [5, 5.41) is 18.1. The second-order valence-electron chi connectivity index (χ2n) is 8.67. The third-order valence-electron chi connectivity index (χ3n) is 4.83. The van der Waals surface area contributed by atoms with Crippen LogP contribution in [0.2, 0.25) is 0 Å². The molecule has 25 heavy (non-hydrogen) atoms. The van der Waals surface area contributed by atoms with Gasteiger partial charge in [0.1, 0.15) is 0 Å². The van der Waals surface area contributed by atoms with Gasteiger partial charge in [0, 0.05) is 49.8 Å². The first kappa shape index (κ1) is 19.7. The van der Waals surface area contributed by atoms with E-state index in [2.05, 4.69) is 75.5 Å². The molecule has 0 saturated heterocycles. The van der Waals surface area contributed by atoms with Crippen LogP contribution in [0.15, 0.2) is 36.5 Å². The number of rotatable bonds is 7. The van der Waals surface area contributed by atoms with Crippen LogP contribution in [0.25, 0.3) is 0 Å². The molecule has 1 heterocycles. The van der Waals surface area contributed by atoms with E-state index < -0.39 is 0 Å². The quantitative estimate of drug-likeness (QED) is 0.807. The summed E-state index contributed by atoms with van der Waals surface area (Å²) in [5.74, 6) is 0.244. The summed E-state index contributed by atoms with van der Waals surface area (Å²) in [6.07, 6.45) is 2.10. The number of aryl methyl sites for hydroxylation is 1. The molecule has 0 fully saturated rings. The molecule has 2 rings (SSSR count). The summed E-state index contributed by atoms with van der Waals surface area (Å²) >= 11 is 0. The van der Waals surface area contributed by atoms with E-state index >= 15 is 0 Å². The van der Waals surface area contributed by atoms with Crippen LogP contribution in [-0.4, -0.2) is 28.0 Å². The van der Waals surface area contributed by atoms with Crippen molar-refractivity contribution in [1.82, 2.24) is 15.1 Å². The highest BCUT2D eigenvalue weighted by atomic mass is 16.3. The minimum Gasteiger partial charge on any atom is -0.396 e. The monoisotopic (exact) mass is 343 g/mol. The third kappa shape index (κ3) is 4.93. The van der Waals surface area contributed by atoms with Gasteiger partial charge in [-0.05, 0) is 11.0 Å². The van der Waals surface area contributed by atoms with Gasteiger partial charge >= 0.3 is 0 Å². The number of hydrogen-bond donors (Lipinski definition) is 2. The summed E-state index contributed by atoms with van der Waals surface area (Å²) in [6.45, 7) is 12.6. The number of nitrogens with zero attached hydrogens (tertiary/aromatic N) is 2. The summed E-state index contributed by atoms with van der Waals surface area (Å²) < 4.78 is 1.89. The van der Waals surface area contributed by atoms with Crippen LogP contribution in [0.3, 0.4) is 0 Å². The molecule has 0 amide bonds. The van der Waals surface area contributed by atoms with E-state index in [-0.39, 0.29) is 23.4 Å². The fourth-order valence-corrected chi connectivity index (χ4v) is 3.29. The van der Waals surface area contributed by atoms with Gasteiger partial charge in [-0.15, -0.1) is 0 Å². The van der Waals surface area contributed by atoms with Crippen LogP contribution in [0.5, 0.6) is 0 Å². The molecule has 0 saturated carbocycles. The Morgan fingerprint density at radius 3 is 2.32 bits per heavy atom. The molecule has 0 aliphatic heterocycles. The highest BCUT2D eigenvalue weighted by molar-refractivity contribution is 5.25. The van der Waals surface area contributed by atoms with Crippen LogP contribution in [0.4, 0.5) is 0 Å². The second kappa shape index (κ2) is 7.71. The van der Waals surface area contributed by atoms with E-state index in [1.54, 1.807) is 0 Å². The first-order chi connectivity index (χ1) is 11.6. The van der Waals surface area contributed by atoms with Crippen molar-refractivity contribution in [1.29, 1.82) is 0 Å². The molecule has 1 unspecified atom stereocenters. The lowest BCUT2D eigenvalue weighted by atomic mass is 9.75. The molecule has 0 radical (unpaired) electrons. The van der Waals surface area contributed by atoms with Crippen molar-refractivity contribution in [3.05, 3.63) is 53.3 Å². The second-order valence-corrected chi connectivity index (χ2v) is 8.67. The van der Waals surface area contributed by atoms with Gasteiger partial charge in [0.05, 0.1) is 5.69 Å². The molecular formula is C21H33N3O. The lowest BCUT2D eigenvalue weighted by Gasteiger charge is -2.33. The van der Waals surface area contributed by atoms with Crippen LogP contribution < -0.4 is 5.32 Å². The summed E-state index contributed by atoms with van der Waals surface area (Å²) in [6, 6.07) is 10.5. The number of aliphatic hydroxyl groups excluding tert-OH is 1. The van der Waals surface area contributed by atoms with Gasteiger partial charge in [-0.25, -0.2) is 0 Å². The van der Waals surface area contributed by atoms with E-state index in [0.29, 0.717) is 0 Å². The number of benzene rings is 1. The molecule has 138 valence electrons. The van der Waals surface area contributed by atoms with E-state index in [0.717, 1.165) is 18.8 Å². The molecule has 1 atom stereocenters. The standard InChI is InChI=1S/C21H33N3O/c1-20(2,3)19-17(14-24(6)23-19)12-22-13-18(21(4,5)15-25)16-10-8-7-9-11-16/h7-11,14,18,22,25H,12-13,15H2,1-6H3. The predicted molar refractivity (Wildman–Crippen MR) is 104 cm³/mol. The Labute approximate surface area is 152 Å². The van der Waals surface area contributed by atoms with Gasteiger partial charge in [0.15, 0.2) is 0 Å². The Kier molecular flexibility index (Phi) is 6.07. The minimum absolute atomic E-state index is 0.0292. The largest absolute Gasteiger partial charge is 0.396 e. The zero-order valence-corrected chi connectivity index (χ0v) is 16.5. The molecule has 1 aromatic carbocycles. The first-order valence-electron chi connectivity index (χ1n) is 9.04. The maximum atomic E-state index is 9.86. The third-order valence-corrected chi connectivity index (χ3v) is 4.83. The fourth-order valence-electron chi connectivity index (χ4n) is 3.29. The van der Waals surface area contributed by atoms with Crippen molar-refractivity contribution in [2.24, 2.45) is 12.5 Å². The van der Waals surface area contributed by atoms with Crippen LogP contribution >= 0.6 is 0 Å². The van der Waals surface area contributed by atoms with E-state index in [4.69, 9.17) is 0 Å². The molecule has 0 aliphatic rings. The first-order valence-corrected chi connectivity index (χ1v) is 9.04. The molecule has 4 heteroatoms. The number of aromatic nitrogens is 2. The van der Waals surface area contributed by atoms with Gasteiger partial charge < -0.3 is 10.4 Å². The zero-order valence-electron chi connectivity index (χ0n) is 16.5. The zero-order chi connectivity index (χ0) is 18.7. The molecule has 0 spiro atoms. The van der Waals surface area contributed by atoms with Crippen molar-refractivity contribution in [2.45, 2.75) is 52.5 Å². The normalized spacial score (nSPS) is 13.9. The van der Waals surface area contributed by atoms with E-state index in [9.17, 15) is 5.11 Å².